The van der Waals surface area contributed by atoms with E-state index in [1.165, 1.54) is 0 Å². The highest BCUT2D eigenvalue weighted by Crippen LogP contribution is 2.28. The van der Waals surface area contributed by atoms with Crippen molar-refractivity contribution in [1.82, 2.24) is 4.98 Å². The lowest BCUT2D eigenvalue weighted by Crippen LogP contribution is -2.19. The number of hydrogen-bond donors (Lipinski definition) is 2. The molecule has 0 aliphatic carbocycles. The molecule has 0 saturated carbocycles. The van der Waals surface area contributed by atoms with Gasteiger partial charge in [0.05, 0.1) is 10.7 Å². The Labute approximate surface area is 103 Å². The number of benzene rings is 1. The summed E-state index contributed by atoms with van der Waals surface area (Å²) in [6, 6.07) is 7.83. The Morgan fingerprint density at radius 3 is 2.81 bits per heavy atom. The summed E-state index contributed by atoms with van der Waals surface area (Å²) in [6.07, 6.45) is 0. The third kappa shape index (κ3) is 2.37. The number of aromatic nitrogens is 1. The first-order valence-electron chi connectivity index (χ1n) is 4.75. The van der Waals surface area contributed by atoms with E-state index in [2.05, 4.69) is 10.3 Å². The summed E-state index contributed by atoms with van der Waals surface area (Å²) < 4.78 is 0. The topological polar surface area (TPSA) is 50.9 Å². The van der Waals surface area contributed by atoms with Gasteiger partial charge < -0.3 is 11.1 Å². The molecule has 2 rings (SSSR count). The summed E-state index contributed by atoms with van der Waals surface area (Å²) in [7, 11) is 0. The van der Waals surface area contributed by atoms with Crippen molar-refractivity contribution in [3.05, 3.63) is 34.7 Å². The number of nitrogens with one attached hydrogen (secondary N) is 1. The van der Waals surface area contributed by atoms with E-state index in [9.17, 15) is 0 Å². The van der Waals surface area contributed by atoms with Crippen molar-refractivity contribution in [1.29, 1.82) is 0 Å². The second-order valence-electron chi connectivity index (χ2n) is 3.29. The summed E-state index contributed by atoms with van der Waals surface area (Å²) >= 11 is 6.47. The summed E-state index contributed by atoms with van der Waals surface area (Å²) in [5, 5.41) is 6.28. The molecule has 0 saturated heterocycles. The van der Waals surface area contributed by atoms with E-state index < -0.39 is 0 Å². The minimum Gasteiger partial charge on any atom is -0.376 e. The highest BCUT2D eigenvalue weighted by atomic mass is 32.1. The first-order valence-corrected chi connectivity index (χ1v) is 6.03. The van der Waals surface area contributed by atoms with Crippen LogP contribution in [0.25, 0.3) is 11.3 Å². The molecule has 0 aliphatic rings. The molecule has 3 N–H and O–H groups in total. The van der Waals surface area contributed by atoms with Crippen LogP contribution in [0.4, 0.5) is 5.69 Å². The number of anilines is 1. The fourth-order valence-electron chi connectivity index (χ4n) is 1.44. The first-order chi connectivity index (χ1) is 7.66. The van der Waals surface area contributed by atoms with E-state index in [1.54, 1.807) is 11.3 Å². The molecular weight excluding hydrogens is 238 g/mol. The van der Waals surface area contributed by atoms with Crippen molar-refractivity contribution in [3.8, 4) is 11.3 Å². The van der Waals surface area contributed by atoms with Gasteiger partial charge in [-0.15, -0.1) is 11.3 Å². The standard InChI is InChI=1S/C11H11N3S2/c1-7-13-10(6-16-7)8-4-2-3-5-9(8)14-11(12)15/h2-6H,1H3,(H3,12,14,15). The fourth-order valence-corrected chi connectivity index (χ4v) is 2.16. The molecule has 0 radical (unpaired) electrons. The fraction of sp³-hybridized carbons (Fsp3) is 0.0909. The van der Waals surface area contributed by atoms with Crippen LogP contribution in [0, 0.1) is 6.92 Å². The normalized spacial score (nSPS) is 10.1. The van der Waals surface area contributed by atoms with Crippen LogP contribution in [-0.2, 0) is 0 Å². The Morgan fingerprint density at radius 2 is 2.19 bits per heavy atom. The second kappa shape index (κ2) is 4.59. The Morgan fingerprint density at radius 1 is 1.44 bits per heavy atom. The Hall–Kier alpha value is -1.46. The van der Waals surface area contributed by atoms with Crippen LogP contribution < -0.4 is 11.1 Å². The molecule has 3 nitrogen and oxygen atoms in total. The zero-order valence-electron chi connectivity index (χ0n) is 8.73. The lowest BCUT2D eigenvalue weighted by Gasteiger charge is -2.08. The van der Waals surface area contributed by atoms with Crippen molar-refractivity contribution in [2.75, 3.05) is 5.32 Å². The molecule has 0 amide bonds. The zero-order chi connectivity index (χ0) is 11.5. The number of para-hydroxylation sites is 1. The van der Waals surface area contributed by atoms with Gasteiger partial charge in [0.15, 0.2) is 5.11 Å². The maximum absolute atomic E-state index is 5.48. The van der Waals surface area contributed by atoms with Crippen LogP contribution in [0.2, 0.25) is 0 Å². The molecule has 16 heavy (non-hydrogen) atoms. The van der Waals surface area contributed by atoms with Crippen LogP contribution in [0.3, 0.4) is 0 Å². The van der Waals surface area contributed by atoms with E-state index >= 15 is 0 Å². The average molecular weight is 249 g/mol. The van der Waals surface area contributed by atoms with Gasteiger partial charge in [0.1, 0.15) is 0 Å². The Balaban J connectivity index is 2.43. The summed E-state index contributed by atoms with van der Waals surface area (Å²) in [5.41, 5.74) is 8.33. The molecule has 1 heterocycles. The van der Waals surface area contributed by atoms with Gasteiger partial charge >= 0.3 is 0 Å². The number of thiazole rings is 1. The third-order valence-corrected chi connectivity index (χ3v) is 2.96. The Bertz CT molecular complexity index is 519. The second-order valence-corrected chi connectivity index (χ2v) is 4.79. The molecule has 0 fully saturated rings. The number of aryl methyl sites for hydroxylation is 1. The van der Waals surface area contributed by atoms with E-state index in [4.69, 9.17) is 18.0 Å². The molecule has 0 aliphatic heterocycles. The number of hydrogen-bond acceptors (Lipinski definition) is 3. The largest absolute Gasteiger partial charge is 0.376 e. The van der Waals surface area contributed by atoms with Crippen LogP contribution >= 0.6 is 23.6 Å². The van der Waals surface area contributed by atoms with Gasteiger partial charge in [0.25, 0.3) is 0 Å². The number of nitrogens with zero attached hydrogens (tertiary/aromatic N) is 1. The molecule has 0 unspecified atom stereocenters. The highest BCUT2D eigenvalue weighted by Gasteiger charge is 2.07. The van der Waals surface area contributed by atoms with E-state index in [1.807, 2.05) is 36.6 Å². The van der Waals surface area contributed by atoms with Gasteiger partial charge in [0, 0.05) is 16.6 Å². The number of thiocarbonyl (C=S) groups is 1. The van der Waals surface area contributed by atoms with Gasteiger partial charge in [0.2, 0.25) is 0 Å². The molecule has 1 aromatic carbocycles. The summed E-state index contributed by atoms with van der Waals surface area (Å²) in [4.78, 5) is 4.44. The van der Waals surface area contributed by atoms with E-state index in [-0.39, 0.29) is 5.11 Å². The molecule has 5 heteroatoms. The summed E-state index contributed by atoms with van der Waals surface area (Å²) in [5.74, 6) is 0. The van der Waals surface area contributed by atoms with Crippen molar-refractivity contribution in [3.63, 3.8) is 0 Å². The van der Waals surface area contributed by atoms with Gasteiger partial charge in [-0.25, -0.2) is 4.98 Å². The van der Waals surface area contributed by atoms with Gasteiger partial charge in [-0.2, -0.15) is 0 Å². The van der Waals surface area contributed by atoms with Crippen LogP contribution in [-0.4, -0.2) is 10.1 Å². The third-order valence-electron chi connectivity index (χ3n) is 2.08. The summed E-state index contributed by atoms with van der Waals surface area (Å²) in [6.45, 7) is 1.98. The smallest absolute Gasteiger partial charge is 0.168 e. The monoisotopic (exact) mass is 249 g/mol. The van der Waals surface area contributed by atoms with Crippen molar-refractivity contribution < 1.29 is 0 Å². The molecule has 0 spiro atoms. The first kappa shape index (κ1) is 11.0. The number of nitrogens with two attached hydrogens (primary N) is 1. The SMILES string of the molecule is Cc1nc(-c2ccccc2NC(N)=S)cs1. The van der Waals surface area contributed by atoms with Crippen LogP contribution in [0.15, 0.2) is 29.6 Å². The zero-order valence-corrected chi connectivity index (χ0v) is 10.4. The molecular formula is C11H11N3S2. The van der Waals surface area contributed by atoms with E-state index in [0.717, 1.165) is 22.0 Å². The maximum atomic E-state index is 5.48. The lowest BCUT2D eigenvalue weighted by atomic mass is 10.1. The highest BCUT2D eigenvalue weighted by molar-refractivity contribution is 7.80. The van der Waals surface area contributed by atoms with Crippen LogP contribution in [0.5, 0.6) is 0 Å². The average Bonchev–Trinajstić information content (AvgIpc) is 2.65. The predicted molar refractivity (Wildman–Crippen MR) is 72.7 cm³/mol. The molecule has 1 aromatic heterocycles. The van der Waals surface area contributed by atoms with E-state index in [0.29, 0.717) is 0 Å². The minimum atomic E-state index is 0.263. The van der Waals surface area contributed by atoms with Gasteiger partial charge in [-0.1, -0.05) is 18.2 Å². The van der Waals surface area contributed by atoms with Gasteiger partial charge in [-0.05, 0) is 25.2 Å². The lowest BCUT2D eigenvalue weighted by molar-refractivity contribution is 1.30. The van der Waals surface area contributed by atoms with Crippen molar-refractivity contribution in [2.45, 2.75) is 6.92 Å². The Kier molecular flexibility index (Phi) is 3.17. The molecule has 0 bridgehead atoms. The van der Waals surface area contributed by atoms with Gasteiger partial charge in [-0.3, -0.25) is 0 Å². The maximum Gasteiger partial charge on any atom is 0.168 e. The molecule has 82 valence electrons. The van der Waals surface area contributed by atoms with Crippen LogP contribution in [0.1, 0.15) is 5.01 Å². The predicted octanol–water partition coefficient (Wildman–Crippen LogP) is 2.77. The quantitative estimate of drug-likeness (QED) is 0.804. The molecule has 2 aromatic rings. The number of rotatable bonds is 2. The minimum absolute atomic E-state index is 0.263. The van der Waals surface area contributed by atoms with Crippen molar-refractivity contribution >= 4 is 34.4 Å². The molecule has 0 atom stereocenters. The van der Waals surface area contributed by atoms with Crippen molar-refractivity contribution in [2.24, 2.45) is 5.73 Å².